The molecule has 1 aliphatic heterocycles. The Hall–Kier alpha value is -0.720. The van der Waals surface area contributed by atoms with Gasteiger partial charge in [0, 0.05) is 39.3 Å². The first kappa shape index (κ1) is 25.3. The Labute approximate surface area is 170 Å². The number of hydrogen-bond donors (Lipinski definition) is 1. The SMILES string of the molecule is CCCCCOCC(O)CN1CCN(c2ccccc2OC)CC1.Cl.Cl. The molecule has 26 heavy (non-hydrogen) atoms. The number of nitrogens with zero attached hydrogens (tertiary/aromatic N) is 2. The second-order valence-electron chi connectivity index (χ2n) is 6.40. The van der Waals surface area contributed by atoms with Crippen molar-refractivity contribution in [2.45, 2.75) is 32.3 Å². The number of hydrogen-bond acceptors (Lipinski definition) is 5. The minimum atomic E-state index is -0.399. The zero-order valence-corrected chi connectivity index (χ0v) is 17.6. The molecule has 2 rings (SSSR count). The average Bonchev–Trinajstić information content (AvgIpc) is 2.62. The van der Waals surface area contributed by atoms with Crippen molar-refractivity contribution in [1.82, 2.24) is 4.90 Å². The summed E-state index contributed by atoms with van der Waals surface area (Å²) >= 11 is 0. The normalized spacial score (nSPS) is 15.7. The van der Waals surface area contributed by atoms with Gasteiger partial charge in [0.1, 0.15) is 5.75 Å². The topological polar surface area (TPSA) is 45.2 Å². The Morgan fingerprint density at radius 3 is 2.42 bits per heavy atom. The van der Waals surface area contributed by atoms with Gasteiger partial charge in [-0.3, -0.25) is 4.90 Å². The number of ether oxygens (including phenoxy) is 2. The molecule has 1 aromatic carbocycles. The number of anilines is 1. The fraction of sp³-hybridized carbons (Fsp3) is 0.684. The Balaban J connectivity index is 0.00000312. The predicted molar refractivity (Wildman–Crippen MR) is 112 cm³/mol. The fourth-order valence-electron chi connectivity index (χ4n) is 3.09. The second kappa shape index (κ2) is 14.4. The van der Waals surface area contributed by atoms with Crippen LogP contribution in [0.4, 0.5) is 5.69 Å². The van der Waals surface area contributed by atoms with Crippen molar-refractivity contribution < 1.29 is 14.6 Å². The lowest BCUT2D eigenvalue weighted by Gasteiger charge is -2.37. The van der Waals surface area contributed by atoms with Gasteiger partial charge in [-0.25, -0.2) is 0 Å². The fourth-order valence-corrected chi connectivity index (χ4v) is 3.09. The van der Waals surface area contributed by atoms with Gasteiger partial charge in [0.05, 0.1) is 25.5 Å². The van der Waals surface area contributed by atoms with E-state index in [1.165, 1.54) is 12.8 Å². The van der Waals surface area contributed by atoms with Gasteiger partial charge in [-0.15, -0.1) is 24.8 Å². The standard InChI is InChI=1S/C19H32N2O3.2ClH/c1-3-4-7-14-24-16-17(22)15-20-10-12-21(13-11-20)18-8-5-6-9-19(18)23-2;;/h5-6,8-9,17,22H,3-4,7,10-16H2,1-2H3;2*1H. The van der Waals surface area contributed by atoms with Crippen LogP contribution in [0.1, 0.15) is 26.2 Å². The summed E-state index contributed by atoms with van der Waals surface area (Å²) in [5.41, 5.74) is 1.15. The summed E-state index contributed by atoms with van der Waals surface area (Å²) in [6, 6.07) is 8.15. The smallest absolute Gasteiger partial charge is 0.142 e. The molecule has 1 atom stereocenters. The highest BCUT2D eigenvalue weighted by Crippen LogP contribution is 2.28. The maximum atomic E-state index is 10.1. The van der Waals surface area contributed by atoms with E-state index >= 15 is 0 Å². The van der Waals surface area contributed by atoms with Crippen LogP contribution in [-0.4, -0.2) is 69.2 Å². The Kier molecular flexibility index (Phi) is 14.0. The molecule has 0 bridgehead atoms. The highest BCUT2D eigenvalue weighted by Gasteiger charge is 2.21. The van der Waals surface area contributed by atoms with Gasteiger partial charge in [-0.2, -0.15) is 0 Å². The molecule has 5 nitrogen and oxygen atoms in total. The third-order valence-electron chi connectivity index (χ3n) is 4.47. The van der Waals surface area contributed by atoms with Crippen LogP contribution < -0.4 is 9.64 Å². The number of β-amino-alcohol motifs (C(OH)–C–C–N with tert-alkyl or cyclic N) is 1. The minimum absolute atomic E-state index is 0. The van der Waals surface area contributed by atoms with Gasteiger partial charge in [0.25, 0.3) is 0 Å². The van der Waals surface area contributed by atoms with Crippen molar-refractivity contribution in [1.29, 1.82) is 0 Å². The van der Waals surface area contributed by atoms with Crippen LogP contribution in [-0.2, 0) is 4.74 Å². The molecular formula is C19H34Cl2N2O3. The van der Waals surface area contributed by atoms with Crippen molar-refractivity contribution in [2.75, 3.05) is 57.9 Å². The number of benzene rings is 1. The van der Waals surface area contributed by atoms with Crippen molar-refractivity contribution in [2.24, 2.45) is 0 Å². The van der Waals surface area contributed by atoms with Crippen LogP contribution in [0.5, 0.6) is 5.75 Å². The molecule has 1 saturated heterocycles. The molecule has 0 aromatic heterocycles. The molecule has 1 unspecified atom stereocenters. The zero-order valence-electron chi connectivity index (χ0n) is 15.9. The quantitative estimate of drug-likeness (QED) is 0.602. The van der Waals surface area contributed by atoms with Gasteiger partial charge in [0.15, 0.2) is 0 Å². The number of aliphatic hydroxyl groups excluding tert-OH is 1. The largest absolute Gasteiger partial charge is 0.495 e. The monoisotopic (exact) mass is 408 g/mol. The van der Waals surface area contributed by atoms with Gasteiger partial charge in [-0.1, -0.05) is 31.9 Å². The Morgan fingerprint density at radius 1 is 1.08 bits per heavy atom. The van der Waals surface area contributed by atoms with Gasteiger partial charge in [0.2, 0.25) is 0 Å². The van der Waals surface area contributed by atoms with E-state index in [0.29, 0.717) is 13.2 Å². The third kappa shape index (κ3) is 8.31. The minimum Gasteiger partial charge on any atom is -0.495 e. The molecule has 1 heterocycles. The summed E-state index contributed by atoms with van der Waals surface area (Å²) in [5, 5.41) is 10.1. The summed E-state index contributed by atoms with van der Waals surface area (Å²) in [4.78, 5) is 4.66. The molecule has 1 fully saturated rings. The number of halogens is 2. The van der Waals surface area contributed by atoms with Gasteiger partial charge >= 0.3 is 0 Å². The third-order valence-corrected chi connectivity index (χ3v) is 4.47. The number of methoxy groups -OCH3 is 1. The van der Waals surface area contributed by atoms with E-state index in [2.05, 4.69) is 22.8 Å². The number of rotatable bonds is 10. The van der Waals surface area contributed by atoms with Crippen LogP contribution in [0, 0.1) is 0 Å². The van der Waals surface area contributed by atoms with E-state index in [4.69, 9.17) is 9.47 Å². The molecule has 0 amide bonds. The van der Waals surface area contributed by atoms with Gasteiger partial charge < -0.3 is 19.5 Å². The summed E-state index contributed by atoms with van der Waals surface area (Å²) in [7, 11) is 1.71. The molecule has 7 heteroatoms. The van der Waals surface area contributed by atoms with Crippen molar-refractivity contribution in [3.63, 3.8) is 0 Å². The van der Waals surface area contributed by atoms with E-state index in [9.17, 15) is 5.11 Å². The molecule has 1 aromatic rings. The first-order chi connectivity index (χ1) is 11.7. The molecular weight excluding hydrogens is 375 g/mol. The van der Waals surface area contributed by atoms with E-state index < -0.39 is 6.10 Å². The van der Waals surface area contributed by atoms with Crippen LogP contribution >= 0.6 is 24.8 Å². The van der Waals surface area contributed by atoms with E-state index in [-0.39, 0.29) is 24.8 Å². The molecule has 0 spiro atoms. The second-order valence-corrected chi connectivity index (χ2v) is 6.40. The lowest BCUT2D eigenvalue weighted by molar-refractivity contribution is 0.0147. The van der Waals surface area contributed by atoms with E-state index in [1.54, 1.807) is 7.11 Å². The zero-order chi connectivity index (χ0) is 17.2. The highest BCUT2D eigenvalue weighted by atomic mass is 35.5. The van der Waals surface area contributed by atoms with Crippen LogP contribution in [0.2, 0.25) is 0 Å². The number of unbranched alkanes of at least 4 members (excludes halogenated alkanes) is 2. The summed E-state index contributed by atoms with van der Waals surface area (Å²) in [6.45, 7) is 7.86. The Bertz CT molecular complexity index is 472. The number of piperazine rings is 1. The van der Waals surface area contributed by atoms with Gasteiger partial charge in [-0.05, 0) is 18.6 Å². The lowest BCUT2D eigenvalue weighted by Crippen LogP contribution is -2.49. The molecule has 1 N–H and O–H groups in total. The maximum Gasteiger partial charge on any atom is 0.142 e. The van der Waals surface area contributed by atoms with Crippen LogP contribution in [0.25, 0.3) is 0 Å². The lowest BCUT2D eigenvalue weighted by atomic mass is 10.2. The summed E-state index contributed by atoms with van der Waals surface area (Å²) in [6.07, 6.45) is 3.08. The average molecular weight is 409 g/mol. The summed E-state index contributed by atoms with van der Waals surface area (Å²) < 4.78 is 11.0. The Morgan fingerprint density at radius 2 is 1.77 bits per heavy atom. The highest BCUT2D eigenvalue weighted by molar-refractivity contribution is 5.85. The van der Waals surface area contributed by atoms with E-state index in [1.807, 2.05) is 18.2 Å². The van der Waals surface area contributed by atoms with Crippen molar-refractivity contribution in [3.8, 4) is 5.75 Å². The molecule has 0 saturated carbocycles. The number of para-hydroxylation sites is 2. The maximum absolute atomic E-state index is 10.1. The molecule has 152 valence electrons. The van der Waals surface area contributed by atoms with Crippen LogP contribution in [0.3, 0.4) is 0 Å². The van der Waals surface area contributed by atoms with Crippen LogP contribution in [0.15, 0.2) is 24.3 Å². The predicted octanol–water partition coefficient (Wildman–Crippen LogP) is 3.23. The molecule has 1 aliphatic rings. The number of aliphatic hydroxyl groups is 1. The molecule has 0 radical (unpaired) electrons. The summed E-state index contributed by atoms with van der Waals surface area (Å²) in [5.74, 6) is 0.923. The van der Waals surface area contributed by atoms with Crippen molar-refractivity contribution in [3.05, 3.63) is 24.3 Å². The first-order valence-corrected chi connectivity index (χ1v) is 9.10. The molecule has 0 aliphatic carbocycles. The van der Waals surface area contributed by atoms with Crippen molar-refractivity contribution >= 4 is 30.5 Å². The van der Waals surface area contributed by atoms with E-state index in [0.717, 1.165) is 50.6 Å². The first-order valence-electron chi connectivity index (χ1n) is 9.10.